The fourth-order valence-electron chi connectivity index (χ4n) is 2.93. The van der Waals surface area contributed by atoms with Gasteiger partial charge in [0, 0.05) is 6.04 Å². The van der Waals surface area contributed by atoms with Crippen LogP contribution in [0.2, 0.25) is 0 Å². The van der Waals surface area contributed by atoms with Gasteiger partial charge in [0.15, 0.2) is 0 Å². The Bertz CT molecular complexity index is 482. The molecule has 0 aromatic heterocycles. The minimum absolute atomic E-state index is 0.0206. The van der Waals surface area contributed by atoms with Crippen molar-refractivity contribution in [3.63, 3.8) is 0 Å². The minimum atomic E-state index is -0.0206. The lowest BCUT2D eigenvalue weighted by atomic mass is 10.1. The molecule has 3 rings (SSSR count). The topological polar surface area (TPSA) is 41.6 Å². The third-order valence-corrected chi connectivity index (χ3v) is 4.14. The van der Waals surface area contributed by atoms with Gasteiger partial charge in [0.05, 0.1) is 13.2 Å². The van der Waals surface area contributed by atoms with E-state index < -0.39 is 0 Å². The molecule has 1 N–H and O–H groups in total. The van der Waals surface area contributed by atoms with Crippen molar-refractivity contribution >= 4 is 5.91 Å². The van der Waals surface area contributed by atoms with Crippen molar-refractivity contribution in [2.75, 3.05) is 7.11 Å². The molecule has 1 saturated carbocycles. The maximum absolute atomic E-state index is 12.5. The van der Waals surface area contributed by atoms with E-state index in [9.17, 15) is 4.79 Å². The second kappa shape index (κ2) is 5.44. The molecule has 1 aliphatic carbocycles. The molecule has 20 heavy (non-hydrogen) atoms. The quantitative estimate of drug-likeness (QED) is 0.896. The third-order valence-electron chi connectivity index (χ3n) is 4.14. The third kappa shape index (κ3) is 2.40. The van der Waals surface area contributed by atoms with Gasteiger partial charge < -0.3 is 9.64 Å². The highest BCUT2D eigenvalue weighted by molar-refractivity contribution is 5.85. The number of hydrogen-bond acceptors (Lipinski definition) is 3. The van der Waals surface area contributed by atoms with E-state index in [1.807, 2.05) is 24.3 Å². The van der Waals surface area contributed by atoms with Gasteiger partial charge in [-0.2, -0.15) is 0 Å². The molecule has 108 valence electrons. The van der Waals surface area contributed by atoms with Gasteiger partial charge in [-0.25, -0.2) is 0 Å². The van der Waals surface area contributed by atoms with Crippen molar-refractivity contribution in [2.45, 2.75) is 50.9 Å². The Morgan fingerprint density at radius 3 is 2.55 bits per heavy atom. The maximum Gasteiger partial charge on any atom is 0.241 e. The number of amides is 1. The van der Waals surface area contributed by atoms with Gasteiger partial charge in [0.2, 0.25) is 5.91 Å². The van der Waals surface area contributed by atoms with Crippen LogP contribution >= 0.6 is 0 Å². The predicted octanol–water partition coefficient (Wildman–Crippen LogP) is 2.46. The number of methoxy groups -OCH3 is 1. The zero-order valence-electron chi connectivity index (χ0n) is 12.1. The molecule has 0 radical (unpaired) electrons. The van der Waals surface area contributed by atoms with Gasteiger partial charge in [0.1, 0.15) is 11.9 Å². The summed E-state index contributed by atoms with van der Waals surface area (Å²) < 4.78 is 5.20. The van der Waals surface area contributed by atoms with Gasteiger partial charge in [0.25, 0.3) is 0 Å². The van der Waals surface area contributed by atoms with E-state index in [4.69, 9.17) is 4.74 Å². The number of carbonyl (C=O) groups is 1. The minimum Gasteiger partial charge on any atom is -0.497 e. The van der Waals surface area contributed by atoms with E-state index >= 15 is 0 Å². The Hall–Kier alpha value is -1.55. The lowest BCUT2D eigenvalue weighted by molar-refractivity contribution is -0.130. The number of nitrogens with one attached hydrogen (secondary N) is 1. The van der Waals surface area contributed by atoms with E-state index in [1.54, 1.807) is 7.11 Å². The van der Waals surface area contributed by atoms with Crippen LogP contribution in [-0.4, -0.2) is 30.0 Å². The second-order valence-electron chi connectivity index (χ2n) is 5.66. The lowest BCUT2D eigenvalue weighted by Gasteiger charge is -2.24. The van der Waals surface area contributed by atoms with Crippen molar-refractivity contribution in [1.82, 2.24) is 10.2 Å². The summed E-state index contributed by atoms with van der Waals surface area (Å²) in [7, 11) is 1.67. The molecule has 0 spiro atoms. The van der Waals surface area contributed by atoms with Crippen molar-refractivity contribution in [1.29, 1.82) is 0 Å². The maximum atomic E-state index is 12.5. The zero-order chi connectivity index (χ0) is 14.1. The van der Waals surface area contributed by atoms with E-state index in [-0.39, 0.29) is 18.1 Å². The van der Waals surface area contributed by atoms with Crippen LogP contribution in [-0.2, 0) is 4.79 Å². The highest BCUT2D eigenvalue weighted by atomic mass is 16.5. The first-order chi connectivity index (χ1) is 9.74. The Kier molecular flexibility index (Phi) is 3.66. The molecule has 1 aromatic rings. The van der Waals surface area contributed by atoms with Gasteiger partial charge in [-0.1, -0.05) is 25.5 Å². The highest BCUT2D eigenvalue weighted by Crippen LogP contribution is 2.38. The van der Waals surface area contributed by atoms with Crippen molar-refractivity contribution < 1.29 is 9.53 Å². The average molecular weight is 274 g/mol. The molecule has 2 aliphatic rings. The lowest BCUT2D eigenvalue weighted by Crippen LogP contribution is -2.33. The molecule has 0 bridgehead atoms. The highest BCUT2D eigenvalue weighted by Gasteiger charge is 2.46. The molecule has 4 nitrogen and oxygen atoms in total. The summed E-state index contributed by atoms with van der Waals surface area (Å²) in [4.78, 5) is 14.6. The predicted molar refractivity (Wildman–Crippen MR) is 77.4 cm³/mol. The van der Waals surface area contributed by atoms with Crippen molar-refractivity contribution in [2.24, 2.45) is 0 Å². The SMILES string of the molecule is CCCC1NC(c2ccc(OC)cc2)N(C2CC2)C1=O. The number of ether oxygens (including phenoxy) is 1. The standard InChI is InChI=1S/C16H22N2O2/c1-3-4-14-16(19)18(12-7-8-12)15(17-14)11-5-9-13(20-2)10-6-11/h5-6,9-10,12,14-15,17H,3-4,7-8H2,1-2H3. The Balaban J connectivity index is 1.83. The first kappa shape index (κ1) is 13.4. The fourth-order valence-corrected chi connectivity index (χ4v) is 2.93. The number of carbonyl (C=O) groups excluding carboxylic acids is 1. The number of rotatable bonds is 5. The van der Waals surface area contributed by atoms with Crippen LogP contribution in [0, 0.1) is 0 Å². The van der Waals surface area contributed by atoms with Gasteiger partial charge in [-0.3, -0.25) is 10.1 Å². The van der Waals surface area contributed by atoms with Gasteiger partial charge in [-0.15, -0.1) is 0 Å². The molecule has 4 heteroatoms. The van der Waals surface area contributed by atoms with Crippen LogP contribution in [0.25, 0.3) is 0 Å². The number of benzene rings is 1. The molecule has 2 atom stereocenters. The zero-order valence-corrected chi connectivity index (χ0v) is 12.1. The largest absolute Gasteiger partial charge is 0.497 e. The van der Waals surface area contributed by atoms with E-state index in [0.717, 1.165) is 37.0 Å². The summed E-state index contributed by atoms with van der Waals surface area (Å²) in [5.74, 6) is 1.12. The normalized spacial score (nSPS) is 26.1. The molecule has 1 heterocycles. The summed E-state index contributed by atoms with van der Waals surface area (Å²) in [6.45, 7) is 2.12. The van der Waals surface area contributed by atoms with Gasteiger partial charge >= 0.3 is 0 Å². The van der Waals surface area contributed by atoms with Crippen LogP contribution in [0.1, 0.15) is 44.3 Å². The van der Waals surface area contributed by atoms with Crippen molar-refractivity contribution in [3.8, 4) is 5.75 Å². The molecule has 1 aromatic carbocycles. The molecule has 2 unspecified atom stereocenters. The fraction of sp³-hybridized carbons (Fsp3) is 0.562. The van der Waals surface area contributed by atoms with Crippen molar-refractivity contribution in [3.05, 3.63) is 29.8 Å². The van der Waals surface area contributed by atoms with Crippen LogP contribution in [0.15, 0.2) is 24.3 Å². The van der Waals surface area contributed by atoms with Crippen LogP contribution < -0.4 is 10.1 Å². The molecule has 1 saturated heterocycles. The van der Waals surface area contributed by atoms with E-state index in [2.05, 4.69) is 17.1 Å². The molecule has 1 amide bonds. The Morgan fingerprint density at radius 2 is 2.00 bits per heavy atom. The van der Waals surface area contributed by atoms with Crippen LogP contribution in [0.3, 0.4) is 0 Å². The smallest absolute Gasteiger partial charge is 0.241 e. The van der Waals surface area contributed by atoms with Crippen LogP contribution in [0.4, 0.5) is 0 Å². The molecular formula is C16H22N2O2. The second-order valence-corrected chi connectivity index (χ2v) is 5.66. The molecule has 1 aliphatic heterocycles. The van der Waals surface area contributed by atoms with Crippen LogP contribution in [0.5, 0.6) is 5.75 Å². The summed E-state index contributed by atoms with van der Waals surface area (Å²) in [5, 5.41) is 3.50. The number of hydrogen-bond donors (Lipinski definition) is 1. The Morgan fingerprint density at radius 1 is 1.30 bits per heavy atom. The Labute approximate surface area is 120 Å². The summed E-state index contributed by atoms with van der Waals surface area (Å²) in [6.07, 6.45) is 4.24. The summed E-state index contributed by atoms with van der Waals surface area (Å²) in [6, 6.07) is 8.43. The average Bonchev–Trinajstić information content (AvgIpc) is 3.26. The van der Waals surface area contributed by atoms with E-state index in [0.29, 0.717) is 6.04 Å². The number of nitrogens with zero attached hydrogens (tertiary/aromatic N) is 1. The molecular weight excluding hydrogens is 252 g/mol. The van der Waals surface area contributed by atoms with Gasteiger partial charge in [-0.05, 0) is 37.0 Å². The molecule has 2 fully saturated rings. The monoisotopic (exact) mass is 274 g/mol. The van der Waals surface area contributed by atoms with E-state index in [1.165, 1.54) is 0 Å². The summed E-state index contributed by atoms with van der Waals surface area (Å²) in [5.41, 5.74) is 1.14. The first-order valence-corrected chi connectivity index (χ1v) is 7.46. The summed E-state index contributed by atoms with van der Waals surface area (Å²) >= 11 is 0. The first-order valence-electron chi connectivity index (χ1n) is 7.46.